The van der Waals surface area contributed by atoms with E-state index >= 15 is 0 Å². The molecule has 0 spiro atoms. The SMILES string of the molecule is CC(=O)[NH][AlH][NH]C(C)=O. The average Bonchev–Trinajstić information content (AvgIpc) is 1.63. The van der Waals surface area contributed by atoms with Crippen molar-refractivity contribution < 1.29 is 9.59 Å². The quantitative estimate of drug-likeness (QED) is 0.464. The van der Waals surface area contributed by atoms with Gasteiger partial charge in [-0.25, -0.2) is 0 Å². The first-order valence-electron chi connectivity index (χ1n) is 2.62. The van der Waals surface area contributed by atoms with Crippen LogP contribution in [-0.4, -0.2) is 27.5 Å². The highest BCUT2D eigenvalue weighted by molar-refractivity contribution is 6.38. The summed E-state index contributed by atoms with van der Waals surface area (Å²) in [6.45, 7) is 2.85. The monoisotopic (exact) mass is 144 g/mol. The van der Waals surface area contributed by atoms with Crippen LogP contribution in [0.3, 0.4) is 0 Å². The van der Waals surface area contributed by atoms with E-state index in [1.165, 1.54) is 13.8 Å². The van der Waals surface area contributed by atoms with Crippen molar-refractivity contribution >= 4 is 27.5 Å². The van der Waals surface area contributed by atoms with Crippen molar-refractivity contribution in [3.8, 4) is 0 Å². The Morgan fingerprint density at radius 3 is 1.67 bits per heavy atom. The van der Waals surface area contributed by atoms with Crippen molar-refractivity contribution in [1.82, 2.24) is 8.60 Å². The van der Waals surface area contributed by atoms with Gasteiger partial charge in [-0.15, -0.1) is 0 Å². The highest BCUT2D eigenvalue weighted by Gasteiger charge is 1.96. The fourth-order valence-corrected chi connectivity index (χ4v) is 0.879. The first-order chi connectivity index (χ1) is 4.13. The van der Waals surface area contributed by atoms with Crippen molar-refractivity contribution in [3.63, 3.8) is 0 Å². The van der Waals surface area contributed by atoms with E-state index in [9.17, 15) is 9.59 Å². The van der Waals surface area contributed by atoms with Gasteiger partial charge in [0.05, 0.1) is 0 Å². The second kappa shape index (κ2) is 4.36. The molecule has 0 aliphatic heterocycles. The minimum atomic E-state index is -0.883. The molecule has 0 saturated heterocycles. The van der Waals surface area contributed by atoms with Gasteiger partial charge >= 0.3 is 15.7 Å². The van der Waals surface area contributed by atoms with Crippen LogP contribution < -0.4 is 8.60 Å². The molecule has 2 N–H and O–H groups in total. The normalized spacial score (nSPS) is 7.78. The Morgan fingerprint density at radius 1 is 1.11 bits per heavy atom. The summed E-state index contributed by atoms with van der Waals surface area (Å²) < 4.78 is 5.09. The summed E-state index contributed by atoms with van der Waals surface area (Å²) in [5, 5.41) is 0. The van der Waals surface area contributed by atoms with Gasteiger partial charge < -0.3 is 8.60 Å². The van der Waals surface area contributed by atoms with E-state index in [0.717, 1.165) is 0 Å². The molecular weight excluding hydrogens is 135 g/mol. The van der Waals surface area contributed by atoms with E-state index in [-0.39, 0.29) is 11.8 Å². The summed E-state index contributed by atoms with van der Waals surface area (Å²) in [7, 11) is 0. The third-order valence-corrected chi connectivity index (χ3v) is 2.02. The molecule has 5 heteroatoms. The molecule has 0 atom stereocenters. The first kappa shape index (κ1) is 8.47. The zero-order chi connectivity index (χ0) is 7.28. The lowest BCUT2D eigenvalue weighted by molar-refractivity contribution is -0.117. The van der Waals surface area contributed by atoms with Crippen LogP contribution in [0.15, 0.2) is 0 Å². The summed E-state index contributed by atoms with van der Waals surface area (Å²) >= 11 is -0.883. The van der Waals surface area contributed by atoms with Gasteiger partial charge in [-0.1, -0.05) is 0 Å². The molecule has 0 bridgehead atoms. The molecule has 0 aromatic heterocycles. The molecule has 0 unspecified atom stereocenters. The second-order valence-corrected chi connectivity index (χ2v) is 2.70. The van der Waals surface area contributed by atoms with E-state index < -0.39 is 15.7 Å². The molecule has 9 heavy (non-hydrogen) atoms. The third kappa shape index (κ3) is 7.47. The lowest BCUT2D eigenvalue weighted by Gasteiger charge is -1.96. The molecule has 0 heterocycles. The Balaban J connectivity index is 3.10. The highest BCUT2D eigenvalue weighted by Crippen LogP contribution is 1.55. The molecule has 0 aromatic carbocycles. The summed E-state index contributed by atoms with van der Waals surface area (Å²) in [5.41, 5.74) is 0. The highest BCUT2D eigenvalue weighted by atomic mass is 27.1. The Kier molecular flexibility index (Phi) is 4.11. The lowest BCUT2D eigenvalue weighted by atomic mass is 10.8. The average molecular weight is 144 g/mol. The summed E-state index contributed by atoms with van der Waals surface area (Å²) in [6, 6.07) is 0. The summed E-state index contributed by atoms with van der Waals surface area (Å²) in [5.74, 6) is -0.175. The Hall–Kier alpha value is -0.528. The van der Waals surface area contributed by atoms with Gasteiger partial charge in [-0.05, 0) is 0 Å². The fourth-order valence-electron chi connectivity index (χ4n) is 0.293. The third-order valence-electron chi connectivity index (χ3n) is 0.675. The largest absolute Gasteiger partial charge is 0.548 e. The van der Waals surface area contributed by atoms with E-state index in [1.807, 2.05) is 0 Å². The van der Waals surface area contributed by atoms with E-state index in [4.69, 9.17) is 0 Å². The number of hydrogen-bond acceptors (Lipinski definition) is 2. The van der Waals surface area contributed by atoms with E-state index in [0.29, 0.717) is 0 Å². The maximum atomic E-state index is 10.2. The molecule has 0 fully saturated rings. The lowest BCUT2D eigenvalue weighted by Crippen LogP contribution is -2.38. The van der Waals surface area contributed by atoms with Gasteiger partial charge in [0.15, 0.2) is 11.8 Å². The van der Waals surface area contributed by atoms with Gasteiger partial charge in [0.1, 0.15) is 0 Å². The predicted octanol–water partition coefficient (Wildman–Crippen LogP) is -1.47. The number of rotatable bonds is 2. The molecule has 50 valence electrons. The molecule has 0 rings (SSSR count). The van der Waals surface area contributed by atoms with Crippen molar-refractivity contribution in [3.05, 3.63) is 0 Å². The molecule has 0 aliphatic carbocycles. The molecule has 2 amide bonds. The van der Waals surface area contributed by atoms with Crippen LogP contribution in [-0.2, 0) is 9.59 Å². The Labute approximate surface area is 60.1 Å². The maximum absolute atomic E-state index is 10.2. The van der Waals surface area contributed by atoms with Crippen molar-refractivity contribution in [1.29, 1.82) is 0 Å². The zero-order valence-electron chi connectivity index (χ0n) is 5.52. The van der Waals surface area contributed by atoms with Crippen molar-refractivity contribution in [2.24, 2.45) is 0 Å². The van der Waals surface area contributed by atoms with Crippen LogP contribution in [0.5, 0.6) is 0 Å². The number of carbonyl (C=O) groups is 2. The summed E-state index contributed by atoms with van der Waals surface area (Å²) in [4.78, 5) is 20.4. The fraction of sp³-hybridized carbons (Fsp3) is 0.500. The number of hydrogen-bond donors (Lipinski definition) is 2. The van der Waals surface area contributed by atoms with Gasteiger partial charge in [-0.2, -0.15) is 0 Å². The Morgan fingerprint density at radius 2 is 1.44 bits per heavy atom. The van der Waals surface area contributed by atoms with Crippen LogP contribution in [0, 0.1) is 0 Å². The predicted molar refractivity (Wildman–Crippen MR) is 34.8 cm³/mol. The van der Waals surface area contributed by atoms with E-state index in [2.05, 4.69) is 8.60 Å². The first-order valence-corrected chi connectivity index (χ1v) is 4.03. The van der Waals surface area contributed by atoms with Crippen molar-refractivity contribution in [2.45, 2.75) is 13.8 Å². The topological polar surface area (TPSA) is 58.2 Å². The molecule has 4 nitrogen and oxygen atoms in total. The molecule has 0 radical (unpaired) electrons. The number of carbonyl (C=O) groups excluding carboxylic acids is 2. The van der Waals surface area contributed by atoms with Gasteiger partial charge in [0, 0.05) is 13.8 Å². The molecular formula is C4H9AlN2O2. The minimum absolute atomic E-state index is 0.0876. The van der Waals surface area contributed by atoms with Crippen LogP contribution in [0.2, 0.25) is 0 Å². The van der Waals surface area contributed by atoms with Gasteiger partial charge in [0.25, 0.3) is 0 Å². The molecule has 0 aliphatic rings. The van der Waals surface area contributed by atoms with E-state index in [1.54, 1.807) is 0 Å². The smallest absolute Gasteiger partial charge is 0.431 e. The van der Waals surface area contributed by atoms with Crippen LogP contribution in [0.25, 0.3) is 0 Å². The minimum Gasteiger partial charge on any atom is -0.431 e. The van der Waals surface area contributed by atoms with Gasteiger partial charge in [0.2, 0.25) is 0 Å². The standard InChI is InChI=1S/2C2H5NO.Al.H/c2*1-2(3)4;;/h2*1H3,(H2,3,4);;/q;;+2;/p-2. The zero-order valence-corrected chi connectivity index (χ0v) is 6.94. The second-order valence-electron chi connectivity index (χ2n) is 1.64. The van der Waals surface area contributed by atoms with Crippen LogP contribution in [0.1, 0.15) is 13.8 Å². The molecule has 0 saturated carbocycles. The van der Waals surface area contributed by atoms with Crippen LogP contribution in [0.4, 0.5) is 0 Å². The maximum Gasteiger partial charge on any atom is 0.548 e. The van der Waals surface area contributed by atoms with Crippen LogP contribution >= 0.6 is 0 Å². The van der Waals surface area contributed by atoms with Crippen molar-refractivity contribution in [2.75, 3.05) is 0 Å². The molecule has 0 aromatic rings. The summed E-state index contributed by atoms with van der Waals surface area (Å²) in [6.07, 6.45) is 0. The Bertz CT molecular complexity index is 112. The van der Waals surface area contributed by atoms with Gasteiger partial charge in [-0.3, -0.25) is 9.59 Å². The number of nitrogens with one attached hydrogen (secondary N) is 2. The number of amides is 2.